The summed E-state index contributed by atoms with van der Waals surface area (Å²) < 4.78 is 3.33. The number of carbonyl (C=O) groups is 1. The van der Waals surface area contributed by atoms with E-state index >= 15 is 0 Å². The molecule has 0 radical (unpaired) electrons. The van der Waals surface area contributed by atoms with Gasteiger partial charge in [0.2, 0.25) is 5.91 Å². The normalized spacial score (nSPS) is 19.2. The molecule has 2 aliphatic heterocycles. The average Bonchev–Trinajstić information content (AvgIpc) is 3.82. The van der Waals surface area contributed by atoms with Gasteiger partial charge in [0.15, 0.2) is 5.65 Å². The van der Waals surface area contributed by atoms with E-state index in [0.717, 1.165) is 48.0 Å². The Labute approximate surface area is 311 Å². The van der Waals surface area contributed by atoms with Crippen LogP contribution in [0.3, 0.4) is 0 Å². The van der Waals surface area contributed by atoms with Crippen LogP contribution in [0, 0.1) is 12.8 Å². The summed E-state index contributed by atoms with van der Waals surface area (Å²) in [5.74, 6) is 0.0379. The van der Waals surface area contributed by atoms with Crippen LogP contribution in [-0.2, 0) is 17.9 Å². The quantitative estimate of drug-likeness (QED) is 0.195. The van der Waals surface area contributed by atoms with Crippen LogP contribution >= 0.6 is 22.9 Å². The summed E-state index contributed by atoms with van der Waals surface area (Å²) in [6.45, 7) is 5.33. The van der Waals surface area contributed by atoms with Crippen molar-refractivity contribution in [3.63, 3.8) is 0 Å². The summed E-state index contributed by atoms with van der Waals surface area (Å²) in [7, 11) is 0. The van der Waals surface area contributed by atoms with Crippen molar-refractivity contribution < 1.29 is 9.90 Å². The third-order valence-corrected chi connectivity index (χ3v) is 11.8. The number of hydrogen-bond donors (Lipinski definition) is 1. The topological polar surface area (TPSA) is 109 Å². The van der Waals surface area contributed by atoms with Crippen molar-refractivity contribution in [3.8, 4) is 16.3 Å². The van der Waals surface area contributed by atoms with Crippen LogP contribution in [0.25, 0.3) is 27.3 Å². The number of piperidine rings is 2. The Hall–Kier alpha value is -4.68. The molecule has 52 heavy (non-hydrogen) atoms. The number of hydrogen-bond acceptors (Lipinski definition) is 8. The number of carbonyl (C=O) groups excluding carboxylic acids is 1. The molecule has 0 spiro atoms. The first-order valence-electron chi connectivity index (χ1n) is 17.7. The third kappa shape index (κ3) is 7.06. The van der Waals surface area contributed by atoms with Gasteiger partial charge in [-0.2, -0.15) is 0 Å². The van der Waals surface area contributed by atoms with E-state index < -0.39 is 5.60 Å². The highest BCUT2D eigenvalue weighted by atomic mass is 35.5. The molecule has 6 heterocycles. The number of rotatable bonds is 8. The second kappa shape index (κ2) is 14.4. The summed E-state index contributed by atoms with van der Waals surface area (Å²) in [5.41, 5.74) is 3.18. The molecule has 0 unspecified atom stereocenters. The van der Waals surface area contributed by atoms with Gasteiger partial charge >= 0.3 is 0 Å². The molecular formula is C40H40ClN7O3S. The first-order valence-corrected chi connectivity index (χ1v) is 18.9. The molecule has 10 nitrogen and oxygen atoms in total. The van der Waals surface area contributed by atoms with Crippen LogP contribution in [0.2, 0.25) is 5.02 Å². The number of amides is 1. The second-order valence-corrected chi connectivity index (χ2v) is 15.6. The van der Waals surface area contributed by atoms with Crippen LogP contribution in [-0.4, -0.2) is 76.7 Å². The molecule has 2 atom stereocenters. The van der Waals surface area contributed by atoms with Crippen molar-refractivity contribution >= 4 is 39.9 Å². The fourth-order valence-corrected chi connectivity index (χ4v) is 8.81. The first kappa shape index (κ1) is 34.4. The van der Waals surface area contributed by atoms with Crippen molar-refractivity contribution in [2.75, 3.05) is 26.2 Å². The molecule has 2 saturated heterocycles. The Morgan fingerprint density at radius 3 is 2.58 bits per heavy atom. The smallest absolute Gasteiger partial charge is 0.262 e. The fourth-order valence-electron chi connectivity index (χ4n) is 7.68. The van der Waals surface area contributed by atoms with Crippen molar-refractivity contribution in [2.45, 2.75) is 50.8 Å². The van der Waals surface area contributed by atoms with E-state index in [-0.39, 0.29) is 29.8 Å². The largest absolute Gasteiger partial charge is 0.388 e. The fraction of sp³-hybridized carbons (Fsp3) is 0.325. The molecule has 0 saturated carbocycles. The van der Waals surface area contributed by atoms with Gasteiger partial charge in [-0.25, -0.2) is 9.97 Å². The molecule has 0 aliphatic carbocycles. The number of aryl methyl sites for hydroxylation is 1. The Balaban J connectivity index is 0.929. The maximum atomic E-state index is 14.2. The summed E-state index contributed by atoms with van der Waals surface area (Å²) >= 11 is 7.89. The zero-order valence-electron chi connectivity index (χ0n) is 28.9. The minimum Gasteiger partial charge on any atom is -0.388 e. The number of aliphatic hydroxyl groups is 1. The van der Waals surface area contributed by atoms with Crippen molar-refractivity contribution in [2.24, 2.45) is 5.92 Å². The molecule has 12 heteroatoms. The van der Waals surface area contributed by atoms with E-state index in [0.29, 0.717) is 42.0 Å². The summed E-state index contributed by atoms with van der Waals surface area (Å²) in [6.07, 6.45) is 8.66. The highest BCUT2D eigenvalue weighted by Gasteiger charge is 2.41. The molecule has 1 N–H and O–H groups in total. The highest BCUT2D eigenvalue weighted by Crippen LogP contribution is 2.37. The number of fused-ring (bicyclic) bond motifs is 1. The lowest BCUT2D eigenvalue weighted by Gasteiger charge is -2.43. The minimum absolute atomic E-state index is 0.0487. The van der Waals surface area contributed by atoms with Gasteiger partial charge in [-0.15, -0.1) is 11.3 Å². The Kier molecular flexibility index (Phi) is 9.52. The summed E-state index contributed by atoms with van der Waals surface area (Å²) in [4.78, 5) is 47.0. The number of benzene rings is 2. The maximum absolute atomic E-state index is 14.2. The Bertz CT molecular complexity index is 2260. The molecule has 2 aliphatic rings. The number of halogens is 1. The monoisotopic (exact) mass is 733 g/mol. The lowest BCUT2D eigenvalue weighted by molar-refractivity contribution is -0.142. The molecule has 2 aromatic carbocycles. The van der Waals surface area contributed by atoms with Gasteiger partial charge in [0.05, 0.1) is 17.5 Å². The third-order valence-electron chi connectivity index (χ3n) is 10.6. The van der Waals surface area contributed by atoms with E-state index in [1.165, 1.54) is 21.3 Å². The molecule has 266 valence electrons. The predicted molar refractivity (Wildman–Crippen MR) is 204 cm³/mol. The van der Waals surface area contributed by atoms with Gasteiger partial charge in [-0.3, -0.25) is 24.0 Å². The van der Waals surface area contributed by atoms with Gasteiger partial charge in [-0.1, -0.05) is 48.0 Å². The van der Waals surface area contributed by atoms with Gasteiger partial charge < -0.3 is 14.6 Å². The van der Waals surface area contributed by atoms with Crippen LogP contribution in [0.15, 0.2) is 103 Å². The summed E-state index contributed by atoms with van der Waals surface area (Å²) in [5, 5.41) is 13.7. The van der Waals surface area contributed by atoms with E-state index in [2.05, 4.69) is 38.1 Å². The number of aromatic nitrogens is 5. The number of nitrogens with zero attached hydrogens (tertiary/aromatic N) is 7. The van der Waals surface area contributed by atoms with E-state index in [1.807, 2.05) is 71.2 Å². The molecule has 4 aromatic heterocycles. The molecule has 0 bridgehead atoms. The van der Waals surface area contributed by atoms with Crippen molar-refractivity contribution in [1.82, 2.24) is 33.9 Å². The van der Waals surface area contributed by atoms with Crippen molar-refractivity contribution in [3.05, 3.63) is 129 Å². The van der Waals surface area contributed by atoms with Crippen LogP contribution in [0.1, 0.15) is 41.3 Å². The molecular weight excluding hydrogens is 694 g/mol. The van der Waals surface area contributed by atoms with Crippen molar-refractivity contribution in [1.29, 1.82) is 0 Å². The van der Waals surface area contributed by atoms with Gasteiger partial charge in [-0.05, 0) is 74.7 Å². The molecule has 2 fully saturated rings. The van der Waals surface area contributed by atoms with Gasteiger partial charge in [0.1, 0.15) is 11.3 Å². The number of pyridine rings is 1. The maximum Gasteiger partial charge on any atom is 0.262 e. The summed E-state index contributed by atoms with van der Waals surface area (Å²) in [6, 6.07) is 23.6. The highest BCUT2D eigenvalue weighted by molar-refractivity contribution is 7.15. The Morgan fingerprint density at radius 1 is 0.981 bits per heavy atom. The molecule has 1 amide bonds. The van der Waals surface area contributed by atoms with Crippen LogP contribution in [0.4, 0.5) is 0 Å². The van der Waals surface area contributed by atoms with Crippen LogP contribution in [0.5, 0.6) is 0 Å². The van der Waals surface area contributed by atoms with Crippen LogP contribution < -0.4 is 5.56 Å². The van der Waals surface area contributed by atoms with Gasteiger partial charge in [0, 0.05) is 83.4 Å². The first-order chi connectivity index (χ1) is 25.2. The lowest BCUT2D eigenvalue weighted by Crippen LogP contribution is -2.53. The van der Waals surface area contributed by atoms with E-state index in [4.69, 9.17) is 11.6 Å². The lowest BCUT2D eigenvalue weighted by atomic mass is 9.79. The predicted octanol–water partition coefficient (Wildman–Crippen LogP) is 6.33. The standard InChI is InChI=1S/C40H40ClN7O3S/c1-27-10-11-29(21-42-27)37-43-22-32(52-37)23-45-16-12-33(35(24-45)28-6-3-2-4-7-28)38(49)46-18-14-40(51,15-19-46)25-47-26-44-36-34(39(47)50)13-17-48(36)31-9-5-8-30(41)20-31/h2-11,13,17,20-22,26,33,35,51H,12,14-16,18-19,23-25H2,1H3/t33-,35+/m1/s1. The molecule has 6 aromatic rings. The van der Waals surface area contributed by atoms with E-state index in [1.54, 1.807) is 29.7 Å². The zero-order valence-corrected chi connectivity index (χ0v) is 30.5. The molecule has 8 rings (SSSR count). The van der Waals surface area contributed by atoms with E-state index in [9.17, 15) is 14.7 Å². The second-order valence-electron chi connectivity index (χ2n) is 14.1. The number of thiazole rings is 1. The minimum atomic E-state index is -1.13. The number of likely N-dealkylation sites (tertiary alicyclic amines) is 2. The van der Waals surface area contributed by atoms with Gasteiger partial charge in [0.25, 0.3) is 5.56 Å². The average molecular weight is 734 g/mol. The zero-order chi connectivity index (χ0) is 35.8. The Morgan fingerprint density at radius 2 is 1.81 bits per heavy atom. The SMILES string of the molecule is Cc1ccc(-c2ncc(CN3CC[C@@H](C(=O)N4CCC(O)(Cn5cnc6c(ccn6-c6cccc(Cl)c6)c5=O)CC4)[C@H](c4ccccc4)C3)s2)cn1.